The molecule has 1 radical (unpaired) electrons. The molecule has 0 fully saturated rings. The zero-order valence-corrected chi connectivity index (χ0v) is 17.4. The van der Waals surface area contributed by atoms with E-state index >= 15 is 0 Å². The first kappa shape index (κ1) is 18.4. The Morgan fingerprint density at radius 3 is 2.18 bits per heavy atom. The molecule has 0 heterocycles. The molecule has 17 heavy (non-hydrogen) atoms. The number of carbonyl (C=O) groups is 2. The second-order valence-electron chi connectivity index (χ2n) is 2.89. The normalized spacial score (nSPS) is 9.41. The van der Waals surface area contributed by atoms with E-state index in [4.69, 9.17) is 5.11 Å². The van der Waals surface area contributed by atoms with Gasteiger partial charge in [0.15, 0.2) is 0 Å². The van der Waals surface area contributed by atoms with Gasteiger partial charge in [0.2, 0.25) is 5.91 Å². The molecule has 0 unspecified atom stereocenters. The Kier molecular flexibility index (Phi) is 8.44. The van der Waals surface area contributed by atoms with Crippen LogP contribution in [-0.2, 0) is 4.79 Å². The molecule has 4 nitrogen and oxygen atoms in total. The van der Waals surface area contributed by atoms with Gasteiger partial charge in [-0.3, -0.25) is 4.79 Å². The van der Waals surface area contributed by atoms with Crippen LogP contribution in [0.25, 0.3) is 0 Å². The van der Waals surface area contributed by atoms with E-state index < -0.39 is 5.97 Å². The summed E-state index contributed by atoms with van der Waals surface area (Å²) in [5, 5.41) is 11.7. The number of rotatable bonds is 2. The fourth-order valence-electron chi connectivity index (χ4n) is 1.08. The van der Waals surface area contributed by atoms with E-state index in [-0.39, 0.29) is 41.0 Å². The average Bonchev–Trinajstić information content (AvgIpc) is 2.10. The van der Waals surface area contributed by atoms with Crippen LogP contribution in [0, 0.1) is 10.7 Å². The van der Waals surface area contributed by atoms with Crippen LogP contribution in [0.2, 0.25) is 0 Å². The first-order valence-corrected chi connectivity index (χ1v) is 7.26. The van der Waals surface area contributed by atoms with E-state index in [1.54, 1.807) is 6.07 Å². The van der Waals surface area contributed by atoms with Gasteiger partial charge in [-0.25, -0.2) is 4.79 Å². The van der Waals surface area contributed by atoms with Crippen molar-refractivity contribution in [3.05, 3.63) is 22.3 Å². The van der Waals surface area contributed by atoms with Crippen molar-refractivity contribution in [2.24, 2.45) is 0 Å². The summed E-state index contributed by atoms with van der Waals surface area (Å²) in [6.07, 6.45) is 0. The number of hydrogen-bond donors (Lipinski definition) is 2. The van der Waals surface area contributed by atoms with Crippen molar-refractivity contribution in [2.75, 3.05) is 5.32 Å². The molecule has 0 aliphatic carbocycles. The van der Waals surface area contributed by atoms with Crippen LogP contribution < -0.4 is 5.32 Å². The van der Waals surface area contributed by atoms with Gasteiger partial charge in [-0.1, -0.05) is 0 Å². The van der Waals surface area contributed by atoms with Gasteiger partial charge < -0.3 is 10.4 Å². The Hall–Kier alpha value is 1.35. The van der Waals surface area contributed by atoms with Crippen molar-refractivity contribution in [1.29, 1.82) is 0 Å². The Bertz CT molecular complexity index is 479. The Balaban J connectivity index is 0.00000256. The molecule has 1 aromatic carbocycles. The Labute approximate surface area is 161 Å². The maximum Gasteiger partial charge on any atom is 0.337 e. The van der Waals surface area contributed by atoms with Gasteiger partial charge >= 0.3 is 5.97 Å². The molecule has 1 amide bonds. The van der Waals surface area contributed by atoms with Gasteiger partial charge in [0.05, 0.1) is 14.8 Å². The van der Waals surface area contributed by atoms with Gasteiger partial charge in [0.25, 0.3) is 0 Å². The van der Waals surface area contributed by atoms with Crippen LogP contribution >= 0.6 is 67.8 Å². The SMILES string of the molecule is CC(=O)Nc1c(I)cc(I)c(C(=O)O)c1I.[Na]. The third-order valence-corrected chi connectivity index (χ3v) is 4.47. The summed E-state index contributed by atoms with van der Waals surface area (Å²) in [7, 11) is 0. The molecule has 0 atom stereocenters. The van der Waals surface area contributed by atoms with Crippen molar-refractivity contribution in [1.82, 2.24) is 0 Å². The molecule has 0 aromatic heterocycles. The first-order chi connectivity index (χ1) is 7.34. The van der Waals surface area contributed by atoms with Gasteiger partial charge in [-0.15, -0.1) is 0 Å². The maximum absolute atomic E-state index is 11.1. The Morgan fingerprint density at radius 1 is 1.24 bits per heavy atom. The number of hydrogen-bond acceptors (Lipinski definition) is 2. The van der Waals surface area contributed by atoms with Crippen LogP contribution in [0.1, 0.15) is 17.3 Å². The van der Waals surface area contributed by atoms with E-state index in [1.165, 1.54) is 6.92 Å². The van der Waals surface area contributed by atoms with E-state index in [0.29, 0.717) is 12.8 Å². The number of benzene rings is 1. The fourth-order valence-corrected chi connectivity index (χ4v) is 5.18. The molecule has 0 aliphatic rings. The monoisotopic (exact) mass is 580 g/mol. The summed E-state index contributed by atoms with van der Waals surface area (Å²) in [5.74, 6) is -1.20. The van der Waals surface area contributed by atoms with E-state index in [2.05, 4.69) is 27.9 Å². The number of carbonyl (C=O) groups excluding carboxylic acids is 1. The number of carboxylic acid groups (broad SMARTS) is 1. The third-order valence-electron chi connectivity index (χ3n) is 1.68. The number of carboxylic acids is 1. The summed E-state index contributed by atoms with van der Waals surface area (Å²) < 4.78 is 2.04. The topological polar surface area (TPSA) is 66.4 Å². The first-order valence-electron chi connectivity index (χ1n) is 4.03. The molecule has 2 N–H and O–H groups in total. The maximum atomic E-state index is 11.1. The second kappa shape index (κ2) is 7.82. The quantitative estimate of drug-likeness (QED) is 0.419. The molecular weight excluding hydrogens is 574 g/mol. The third kappa shape index (κ3) is 4.75. The molecule has 0 saturated carbocycles. The van der Waals surface area contributed by atoms with Gasteiger partial charge in [-0.05, 0) is 73.8 Å². The molecule has 1 rings (SSSR count). The van der Waals surface area contributed by atoms with Gasteiger partial charge in [-0.2, -0.15) is 0 Å². The molecule has 0 aliphatic heterocycles. The van der Waals surface area contributed by atoms with Crippen LogP contribution in [0.4, 0.5) is 5.69 Å². The largest absolute Gasteiger partial charge is 0.478 e. The van der Waals surface area contributed by atoms with Crippen LogP contribution in [0.15, 0.2) is 6.07 Å². The van der Waals surface area contributed by atoms with Crippen molar-refractivity contribution in [2.45, 2.75) is 6.92 Å². The number of anilines is 1. The van der Waals surface area contributed by atoms with E-state index in [1.807, 2.05) is 45.2 Å². The van der Waals surface area contributed by atoms with Crippen LogP contribution in [0.5, 0.6) is 0 Å². The molecule has 8 heteroatoms. The van der Waals surface area contributed by atoms with Gasteiger partial charge in [0, 0.05) is 43.6 Å². The summed E-state index contributed by atoms with van der Waals surface area (Å²) in [4.78, 5) is 22.1. The predicted molar refractivity (Wildman–Crippen MR) is 91.6 cm³/mol. The Morgan fingerprint density at radius 2 is 1.76 bits per heavy atom. The minimum Gasteiger partial charge on any atom is -0.478 e. The number of nitrogens with one attached hydrogen (secondary N) is 1. The number of halogens is 3. The minimum atomic E-state index is -0.989. The molecule has 0 spiro atoms. The second-order valence-corrected chi connectivity index (χ2v) is 6.29. The van der Waals surface area contributed by atoms with Crippen molar-refractivity contribution >= 4 is 115 Å². The van der Waals surface area contributed by atoms with Gasteiger partial charge in [0.1, 0.15) is 0 Å². The van der Waals surface area contributed by atoms with Crippen molar-refractivity contribution < 1.29 is 14.7 Å². The zero-order valence-electron chi connectivity index (χ0n) is 8.97. The van der Waals surface area contributed by atoms with E-state index in [0.717, 1.165) is 3.57 Å². The predicted octanol–water partition coefficient (Wildman–Crippen LogP) is 2.78. The molecule has 1 aromatic rings. The zero-order chi connectivity index (χ0) is 12.5. The summed E-state index contributed by atoms with van der Waals surface area (Å²) in [5.41, 5.74) is 0.789. The van der Waals surface area contributed by atoms with E-state index in [9.17, 15) is 9.59 Å². The number of amides is 1. The molecular formula is C9H6I3NNaO3. The van der Waals surface area contributed by atoms with Crippen LogP contribution in [-0.4, -0.2) is 46.5 Å². The van der Waals surface area contributed by atoms with Crippen molar-refractivity contribution in [3.63, 3.8) is 0 Å². The minimum absolute atomic E-state index is 0. The smallest absolute Gasteiger partial charge is 0.337 e. The summed E-state index contributed by atoms with van der Waals surface area (Å²) >= 11 is 5.98. The molecule has 0 bridgehead atoms. The molecule has 0 saturated heterocycles. The average molecular weight is 580 g/mol. The molecule has 87 valence electrons. The number of aromatic carboxylic acids is 1. The standard InChI is InChI=1S/C9H6I3NO3.Na/c1-3(14)13-8-5(11)2-4(10)6(7(8)12)9(15)16;/h2H,1H3,(H,13,14)(H,15,16);. The fraction of sp³-hybridized carbons (Fsp3) is 0.111. The summed E-state index contributed by atoms with van der Waals surface area (Å²) in [6, 6.07) is 1.73. The summed E-state index contributed by atoms with van der Waals surface area (Å²) in [6.45, 7) is 1.39. The van der Waals surface area contributed by atoms with Crippen LogP contribution in [0.3, 0.4) is 0 Å². The van der Waals surface area contributed by atoms with Crippen molar-refractivity contribution in [3.8, 4) is 0 Å².